The second kappa shape index (κ2) is 7.36. The smallest absolute Gasteiger partial charge is 0.410 e. The number of nitrogens with zero attached hydrogens (tertiary/aromatic N) is 1. The summed E-state index contributed by atoms with van der Waals surface area (Å²) in [5.74, 6) is -1.12. The predicted molar refractivity (Wildman–Crippen MR) is 90.0 cm³/mol. The zero-order valence-electron chi connectivity index (χ0n) is 14.7. The molecule has 0 saturated carbocycles. The minimum absolute atomic E-state index is 0.102. The van der Waals surface area contributed by atoms with Gasteiger partial charge < -0.3 is 15.0 Å². The molecule has 0 aliphatic carbocycles. The number of hydrogen-bond acceptors (Lipinski definition) is 3. The number of para-hydroxylation sites is 1. The molecule has 1 N–H and O–H groups in total. The Bertz CT molecular complexity index is 567. The first-order valence-corrected chi connectivity index (χ1v) is 8.36. The van der Waals surface area contributed by atoms with Crippen LogP contribution >= 0.6 is 0 Å². The van der Waals surface area contributed by atoms with Gasteiger partial charge in [-0.3, -0.25) is 0 Å². The third kappa shape index (κ3) is 4.82. The second-order valence-corrected chi connectivity index (χ2v) is 7.36. The summed E-state index contributed by atoms with van der Waals surface area (Å²) in [7, 11) is 0. The Morgan fingerprint density at radius 2 is 1.96 bits per heavy atom. The van der Waals surface area contributed by atoms with Gasteiger partial charge in [0.25, 0.3) is 0 Å². The fraction of sp³-hybridized carbons (Fsp3) is 0.611. The van der Waals surface area contributed by atoms with Crippen LogP contribution < -0.4 is 5.32 Å². The minimum Gasteiger partial charge on any atom is -0.444 e. The van der Waals surface area contributed by atoms with Crippen LogP contribution in [0.3, 0.4) is 0 Å². The van der Waals surface area contributed by atoms with Crippen molar-refractivity contribution in [2.24, 2.45) is 5.92 Å². The van der Waals surface area contributed by atoms with Crippen LogP contribution in [0.4, 0.5) is 19.3 Å². The summed E-state index contributed by atoms with van der Waals surface area (Å²) in [5, 5.41) is 2.93. The molecule has 1 saturated heterocycles. The Labute approximate surface area is 142 Å². The molecule has 0 aromatic heterocycles. The van der Waals surface area contributed by atoms with Gasteiger partial charge in [0.1, 0.15) is 22.9 Å². The van der Waals surface area contributed by atoms with Crippen LogP contribution in [0.1, 0.15) is 40.5 Å². The van der Waals surface area contributed by atoms with E-state index in [-0.39, 0.29) is 23.7 Å². The van der Waals surface area contributed by atoms with Crippen molar-refractivity contribution >= 4 is 11.8 Å². The first-order valence-electron chi connectivity index (χ1n) is 8.36. The highest BCUT2D eigenvalue weighted by Gasteiger charge is 2.30. The molecule has 0 bridgehead atoms. The van der Waals surface area contributed by atoms with Crippen LogP contribution in [-0.4, -0.2) is 35.7 Å². The van der Waals surface area contributed by atoms with Crippen LogP contribution in [0, 0.1) is 17.6 Å². The van der Waals surface area contributed by atoms with Crippen molar-refractivity contribution in [1.82, 2.24) is 4.90 Å². The van der Waals surface area contributed by atoms with Crippen LogP contribution in [-0.2, 0) is 4.74 Å². The highest BCUT2D eigenvalue weighted by Crippen LogP contribution is 2.26. The maximum Gasteiger partial charge on any atom is 0.410 e. The molecule has 0 spiro atoms. The van der Waals surface area contributed by atoms with E-state index < -0.39 is 17.2 Å². The Hall–Kier alpha value is -1.85. The molecule has 1 heterocycles. The summed E-state index contributed by atoms with van der Waals surface area (Å²) in [4.78, 5) is 13.9. The fourth-order valence-corrected chi connectivity index (χ4v) is 2.89. The lowest BCUT2D eigenvalue weighted by atomic mass is 9.91. The molecule has 2 rings (SSSR count). The van der Waals surface area contributed by atoms with Gasteiger partial charge in [-0.15, -0.1) is 0 Å². The number of likely N-dealkylation sites (tertiary alicyclic amines) is 1. The molecule has 1 aromatic carbocycles. The highest BCUT2D eigenvalue weighted by atomic mass is 19.1. The molecule has 1 fully saturated rings. The van der Waals surface area contributed by atoms with E-state index in [9.17, 15) is 13.6 Å². The van der Waals surface area contributed by atoms with E-state index in [0.29, 0.717) is 13.1 Å². The normalized spacial score (nSPS) is 19.8. The van der Waals surface area contributed by atoms with Gasteiger partial charge in [0, 0.05) is 19.1 Å². The third-order valence-corrected chi connectivity index (χ3v) is 4.15. The van der Waals surface area contributed by atoms with E-state index in [0.717, 1.165) is 12.8 Å². The van der Waals surface area contributed by atoms with E-state index in [2.05, 4.69) is 5.32 Å². The molecule has 2 atom stereocenters. The van der Waals surface area contributed by atoms with Crippen molar-refractivity contribution in [3.8, 4) is 0 Å². The Kier molecular flexibility index (Phi) is 5.67. The number of amides is 1. The van der Waals surface area contributed by atoms with Gasteiger partial charge in [-0.25, -0.2) is 13.6 Å². The van der Waals surface area contributed by atoms with Crippen molar-refractivity contribution < 1.29 is 18.3 Å². The van der Waals surface area contributed by atoms with Crippen LogP contribution in [0.5, 0.6) is 0 Å². The summed E-state index contributed by atoms with van der Waals surface area (Å²) >= 11 is 0. The highest BCUT2D eigenvalue weighted by molar-refractivity contribution is 5.68. The lowest BCUT2D eigenvalue weighted by Crippen LogP contribution is -2.46. The maximum absolute atomic E-state index is 13.8. The molecule has 1 aromatic rings. The van der Waals surface area contributed by atoms with Gasteiger partial charge in [-0.2, -0.15) is 0 Å². The largest absolute Gasteiger partial charge is 0.444 e. The summed E-state index contributed by atoms with van der Waals surface area (Å²) in [6, 6.07) is 3.63. The Morgan fingerprint density at radius 1 is 1.33 bits per heavy atom. The predicted octanol–water partition coefficient (Wildman–Crippen LogP) is 4.41. The van der Waals surface area contributed by atoms with Gasteiger partial charge in [0.15, 0.2) is 0 Å². The number of halogens is 2. The molecule has 134 valence electrons. The third-order valence-electron chi connectivity index (χ3n) is 4.15. The number of hydrogen-bond donors (Lipinski definition) is 1. The number of ether oxygens (including phenoxy) is 1. The molecule has 1 aliphatic rings. The molecular formula is C18H26F2N2O2. The number of piperidine rings is 1. The van der Waals surface area contributed by atoms with Gasteiger partial charge in [-0.1, -0.05) is 6.07 Å². The van der Waals surface area contributed by atoms with Gasteiger partial charge in [0.2, 0.25) is 0 Å². The van der Waals surface area contributed by atoms with Gasteiger partial charge >= 0.3 is 6.09 Å². The average molecular weight is 340 g/mol. The second-order valence-electron chi connectivity index (χ2n) is 7.36. The lowest BCUT2D eigenvalue weighted by molar-refractivity contribution is 0.0159. The molecule has 1 aliphatic heterocycles. The van der Waals surface area contributed by atoms with E-state index in [1.807, 2.05) is 27.7 Å². The van der Waals surface area contributed by atoms with Crippen LogP contribution in [0.25, 0.3) is 0 Å². The summed E-state index contributed by atoms with van der Waals surface area (Å²) < 4.78 is 33.0. The zero-order valence-corrected chi connectivity index (χ0v) is 14.7. The van der Waals surface area contributed by atoms with E-state index in [1.54, 1.807) is 4.90 Å². The van der Waals surface area contributed by atoms with Crippen LogP contribution in [0.15, 0.2) is 18.2 Å². The number of rotatable bonds is 3. The number of nitrogens with one attached hydrogen (secondary N) is 1. The lowest BCUT2D eigenvalue weighted by Gasteiger charge is -2.37. The number of carbonyl (C=O) groups is 1. The van der Waals surface area contributed by atoms with E-state index in [4.69, 9.17) is 4.74 Å². The average Bonchev–Trinajstić information content (AvgIpc) is 2.49. The molecule has 0 radical (unpaired) electrons. The quantitative estimate of drug-likeness (QED) is 0.886. The Balaban J connectivity index is 2.00. The maximum atomic E-state index is 13.8. The number of carbonyl (C=O) groups excluding carboxylic acids is 1. The SMILES string of the molecule is CC(Nc1c(F)cccc1F)C1CCCN(C(=O)OC(C)(C)C)C1. The first-order chi connectivity index (χ1) is 11.2. The van der Waals surface area contributed by atoms with Crippen molar-refractivity contribution in [3.63, 3.8) is 0 Å². The minimum atomic E-state index is -0.610. The summed E-state index contributed by atoms with van der Waals surface area (Å²) in [6.07, 6.45) is 1.40. The first kappa shape index (κ1) is 18.5. The summed E-state index contributed by atoms with van der Waals surface area (Å²) in [6.45, 7) is 8.53. The van der Waals surface area contributed by atoms with Gasteiger partial charge in [-0.05, 0) is 58.6 Å². The molecule has 4 nitrogen and oxygen atoms in total. The molecule has 1 amide bonds. The van der Waals surface area contributed by atoms with Gasteiger partial charge in [0.05, 0.1) is 0 Å². The standard InChI is InChI=1S/C18H26F2N2O2/c1-12(21-16-14(19)8-5-9-15(16)20)13-7-6-10-22(11-13)17(23)24-18(2,3)4/h5,8-9,12-13,21H,6-7,10-11H2,1-4H3. The molecule has 2 unspecified atom stereocenters. The number of anilines is 1. The molecule has 6 heteroatoms. The number of benzene rings is 1. The van der Waals surface area contributed by atoms with Crippen molar-refractivity contribution in [1.29, 1.82) is 0 Å². The van der Waals surface area contributed by atoms with Crippen molar-refractivity contribution in [3.05, 3.63) is 29.8 Å². The topological polar surface area (TPSA) is 41.6 Å². The Morgan fingerprint density at radius 3 is 2.54 bits per heavy atom. The molecular weight excluding hydrogens is 314 g/mol. The summed E-state index contributed by atoms with van der Waals surface area (Å²) in [5.41, 5.74) is -0.649. The van der Waals surface area contributed by atoms with Crippen molar-refractivity contribution in [2.45, 2.75) is 52.2 Å². The molecule has 24 heavy (non-hydrogen) atoms. The van der Waals surface area contributed by atoms with E-state index in [1.165, 1.54) is 18.2 Å². The van der Waals surface area contributed by atoms with E-state index >= 15 is 0 Å². The van der Waals surface area contributed by atoms with Crippen molar-refractivity contribution in [2.75, 3.05) is 18.4 Å². The zero-order chi connectivity index (χ0) is 17.9. The fourth-order valence-electron chi connectivity index (χ4n) is 2.89. The van der Waals surface area contributed by atoms with Crippen LogP contribution in [0.2, 0.25) is 0 Å². The monoisotopic (exact) mass is 340 g/mol.